The van der Waals surface area contributed by atoms with Crippen LogP contribution in [-0.2, 0) is 0 Å². The lowest BCUT2D eigenvalue weighted by molar-refractivity contribution is -0.384. The van der Waals surface area contributed by atoms with Crippen LogP contribution in [0, 0.1) is 10.1 Å². The van der Waals surface area contributed by atoms with Crippen LogP contribution in [0.3, 0.4) is 0 Å². The molecule has 0 fully saturated rings. The van der Waals surface area contributed by atoms with Crippen molar-refractivity contribution in [1.82, 2.24) is 4.67 Å². The summed E-state index contributed by atoms with van der Waals surface area (Å²) < 4.78 is 1.39. The molecule has 1 unspecified atom stereocenters. The van der Waals surface area contributed by atoms with Gasteiger partial charge in [-0.05, 0) is 21.0 Å². The normalized spacial score (nSPS) is 9.61. The number of carbonyl (C=O) groups excluding carboxylic acids is 1. The zero-order valence-corrected chi connectivity index (χ0v) is 10.9. The van der Waals surface area contributed by atoms with Crippen molar-refractivity contribution in [1.29, 1.82) is 0 Å². The van der Waals surface area contributed by atoms with Crippen LogP contribution in [0.4, 0.5) is 5.69 Å². The summed E-state index contributed by atoms with van der Waals surface area (Å²) in [6, 6.07) is 4.05. The van der Waals surface area contributed by atoms with Gasteiger partial charge in [-0.2, -0.15) is 0 Å². The van der Waals surface area contributed by atoms with Gasteiger partial charge in [0.1, 0.15) is 0 Å². The summed E-state index contributed by atoms with van der Waals surface area (Å²) in [6.45, 7) is 7.47. The first-order chi connectivity index (χ1) is 8.51. The molecule has 0 aliphatic rings. The number of hydrogen-bond donors (Lipinski definition) is 0. The molecule has 0 saturated carbocycles. The lowest BCUT2D eigenvalue weighted by atomic mass is 10.1. The van der Waals surface area contributed by atoms with Gasteiger partial charge >= 0.3 is 0 Å². The Morgan fingerprint density at radius 3 is 2.67 bits per heavy atom. The van der Waals surface area contributed by atoms with Gasteiger partial charge in [-0.15, -0.1) is 6.58 Å². The summed E-state index contributed by atoms with van der Waals surface area (Å²) in [5.74, 6) is -0.260. The van der Waals surface area contributed by atoms with Crippen LogP contribution in [0.1, 0.15) is 15.9 Å². The van der Waals surface area contributed by atoms with Crippen molar-refractivity contribution >= 4 is 27.1 Å². The van der Waals surface area contributed by atoms with Crippen LogP contribution in [-0.4, -0.2) is 22.0 Å². The predicted molar refractivity (Wildman–Crippen MR) is 74.1 cm³/mol. The summed E-state index contributed by atoms with van der Waals surface area (Å²) >= 11 is 0. The highest BCUT2D eigenvalue weighted by Gasteiger charge is 2.16. The van der Waals surface area contributed by atoms with Crippen molar-refractivity contribution in [3.63, 3.8) is 0 Å². The zero-order valence-electron chi connectivity index (χ0n) is 9.70. The number of non-ortho nitro benzene ring substituents is 1. The zero-order chi connectivity index (χ0) is 13.7. The molecule has 1 rings (SSSR count). The van der Waals surface area contributed by atoms with Crippen LogP contribution in [0.15, 0.2) is 37.4 Å². The Kier molecular flexibility index (Phi) is 4.75. The maximum absolute atomic E-state index is 12.0. The second kappa shape index (κ2) is 6.07. The number of nitrogens with zero attached hydrogens (tertiary/aromatic N) is 2. The highest BCUT2D eigenvalue weighted by Crippen LogP contribution is 2.21. The van der Waals surface area contributed by atoms with E-state index in [1.807, 2.05) is 0 Å². The third-order valence-electron chi connectivity index (χ3n) is 2.28. The summed E-state index contributed by atoms with van der Waals surface area (Å²) in [7, 11) is 2.29. The van der Waals surface area contributed by atoms with Crippen LogP contribution in [0.5, 0.6) is 0 Å². The lowest BCUT2D eigenvalue weighted by Crippen LogP contribution is -2.21. The van der Waals surface area contributed by atoms with E-state index in [4.69, 9.17) is 0 Å². The van der Waals surface area contributed by atoms with Gasteiger partial charge in [-0.25, -0.2) is 0 Å². The van der Waals surface area contributed by atoms with Gasteiger partial charge in [-0.3, -0.25) is 14.9 Å². The minimum atomic E-state index is -0.510. The molecule has 94 valence electrons. The highest BCUT2D eigenvalue weighted by atomic mass is 31.0. The van der Waals surface area contributed by atoms with Crippen LogP contribution < -0.4 is 0 Å². The molecule has 1 aromatic rings. The maximum atomic E-state index is 12.0. The Balaban J connectivity index is 3.17. The molecule has 1 amide bonds. The van der Waals surface area contributed by atoms with Crippen molar-refractivity contribution in [2.75, 3.05) is 6.54 Å². The van der Waals surface area contributed by atoms with Gasteiger partial charge in [-0.1, -0.05) is 18.7 Å². The summed E-state index contributed by atoms with van der Waals surface area (Å²) in [4.78, 5) is 22.2. The molecule has 0 heterocycles. The molecule has 1 aromatic carbocycles. The third kappa shape index (κ3) is 3.02. The van der Waals surface area contributed by atoms with Gasteiger partial charge < -0.3 is 4.67 Å². The van der Waals surface area contributed by atoms with Crippen molar-refractivity contribution in [2.45, 2.75) is 0 Å². The van der Waals surface area contributed by atoms with Gasteiger partial charge in [0.25, 0.3) is 11.6 Å². The number of rotatable bonds is 5. The molecule has 0 aliphatic heterocycles. The Hall–Kier alpha value is -2.00. The van der Waals surface area contributed by atoms with E-state index in [0.29, 0.717) is 17.7 Å². The SMILES string of the molecule is C=CCN(P)C(=O)c1ccc([N+](=O)[O-])cc1C=C. The molecule has 0 bridgehead atoms. The van der Waals surface area contributed by atoms with E-state index in [1.165, 1.54) is 28.9 Å². The fourth-order valence-corrected chi connectivity index (χ4v) is 1.69. The van der Waals surface area contributed by atoms with Gasteiger partial charge in [0.05, 0.1) is 4.92 Å². The Labute approximate surface area is 107 Å². The molecule has 0 saturated heterocycles. The minimum Gasteiger partial charge on any atom is -0.320 e. The molecule has 0 spiro atoms. The molecule has 6 heteroatoms. The summed E-state index contributed by atoms with van der Waals surface area (Å²) in [5.41, 5.74) is 0.735. The van der Waals surface area contributed by atoms with Crippen molar-refractivity contribution in [3.8, 4) is 0 Å². The van der Waals surface area contributed by atoms with E-state index in [2.05, 4.69) is 22.5 Å². The van der Waals surface area contributed by atoms with Gasteiger partial charge in [0.2, 0.25) is 0 Å². The number of hydrogen-bond acceptors (Lipinski definition) is 3. The van der Waals surface area contributed by atoms with Gasteiger partial charge in [0.15, 0.2) is 0 Å². The molecule has 0 N–H and O–H groups in total. The van der Waals surface area contributed by atoms with E-state index in [1.54, 1.807) is 6.08 Å². The first-order valence-corrected chi connectivity index (χ1v) is 5.61. The van der Waals surface area contributed by atoms with Crippen molar-refractivity contribution in [2.24, 2.45) is 0 Å². The van der Waals surface area contributed by atoms with Crippen LogP contribution >= 0.6 is 9.39 Å². The first-order valence-electron chi connectivity index (χ1n) is 5.09. The quantitative estimate of drug-likeness (QED) is 0.355. The van der Waals surface area contributed by atoms with Crippen molar-refractivity contribution < 1.29 is 9.72 Å². The molecular formula is C12H13N2O3P. The molecule has 0 radical (unpaired) electrons. The monoisotopic (exact) mass is 264 g/mol. The smallest absolute Gasteiger partial charge is 0.270 e. The number of nitro groups is 1. The largest absolute Gasteiger partial charge is 0.320 e. The average molecular weight is 264 g/mol. The van der Waals surface area contributed by atoms with E-state index < -0.39 is 4.92 Å². The minimum absolute atomic E-state index is 0.0690. The van der Waals surface area contributed by atoms with E-state index >= 15 is 0 Å². The average Bonchev–Trinajstić information content (AvgIpc) is 2.37. The molecule has 0 aromatic heterocycles. The fraction of sp³-hybridized carbons (Fsp3) is 0.0833. The third-order valence-corrected chi connectivity index (χ3v) is 2.73. The fourth-order valence-electron chi connectivity index (χ4n) is 1.40. The standard InChI is InChI=1S/C12H13N2O3P/c1-3-7-13(18)12(15)11-6-5-10(14(16)17)8-9(11)4-2/h3-6,8H,1-2,7,18H2. The molecule has 1 atom stereocenters. The molecular weight excluding hydrogens is 251 g/mol. The van der Waals surface area contributed by atoms with E-state index in [0.717, 1.165) is 0 Å². The molecule has 0 aliphatic carbocycles. The highest BCUT2D eigenvalue weighted by molar-refractivity contribution is 7.14. The topological polar surface area (TPSA) is 63.5 Å². The van der Waals surface area contributed by atoms with Crippen LogP contribution in [0.2, 0.25) is 0 Å². The second-order valence-corrected chi connectivity index (χ2v) is 4.10. The van der Waals surface area contributed by atoms with Crippen LogP contribution in [0.25, 0.3) is 6.08 Å². The summed E-state index contributed by atoms with van der Waals surface area (Å²) in [5, 5.41) is 10.6. The number of carbonyl (C=O) groups is 1. The first kappa shape index (κ1) is 14.1. The lowest BCUT2D eigenvalue weighted by Gasteiger charge is -2.15. The van der Waals surface area contributed by atoms with Gasteiger partial charge in [0, 0.05) is 24.2 Å². The number of amides is 1. The van der Waals surface area contributed by atoms with E-state index in [9.17, 15) is 14.9 Å². The Bertz CT molecular complexity index is 514. The molecule has 5 nitrogen and oxygen atoms in total. The Morgan fingerprint density at radius 2 is 2.17 bits per heavy atom. The summed E-state index contributed by atoms with van der Waals surface area (Å²) in [6.07, 6.45) is 3.01. The maximum Gasteiger partial charge on any atom is 0.270 e. The van der Waals surface area contributed by atoms with Crippen molar-refractivity contribution in [3.05, 3.63) is 58.7 Å². The number of benzene rings is 1. The van der Waals surface area contributed by atoms with E-state index in [-0.39, 0.29) is 11.6 Å². The predicted octanol–water partition coefficient (Wildman–Crippen LogP) is 2.66. The number of nitro benzene ring substituents is 1. The second-order valence-electron chi connectivity index (χ2n) is 3.48. The molecule has 18 heavy (non-hydrogen) atoms. The Morgan fingerprint density at radius 1 is 1.50 bits per heavy atom.